The van der Waals surface area contributed by atoms with Crippen LogP contribution in [0.5, 0.6) is 0 Å². The van der Waals surface area contributed by atoms with Crippen molar-refractivity contribution in [2.45, 2.75) is 75.6 Å². The summed E-state index contributed by atoms with van der Waals surface area (Å²) in [6, 6.07) is -1.32. The largest absolute Gasteiger partial charge is 0.461 e. The van der Waals surface area contributed by atoms with Gasteiger partial charge in [0.25, 0.3) is 0 Å². The van der Waals surface area contributed by atoms with E-state index in [0.717, 1.165) is 6.42 Å². The fraction of sp³-hybridized carbons (Fsp3) is 0.731. The van der Waals surface area contributed by atoms with Crippen molar-refractivity contribution in [2.75, 3.05) is 19.8 Å². The van der Waals surface area contributed by atoms with Crippen molar-refractivity contribution in [2.24, 2.45) is 23.7 Å². The maximum atomic E-state index is 14.2. The molecule has 8 heteroatoms. The zero-order valence-corrected chi connectivity index (χ0v) is 21.9. The number of thioether (sulfide) groups is 1. The molecule has 0 aromatic carbocycles. The van der Waals surface area contributed by atoms with Crippen LogP contribution in [0.15, 0.2) is 25.3 Å². The number of hydrogen-bond donors (Lipinski definition) is 1. The van der Waals surface area contributed by atoms with E-state index in [1.165, 1.54) is 6.08 Å². The van der Waals surface area contributed by atoms with Crippen LogP contribution in [0.4, 0.5) is 0 Å². The lowest BCUT2D eigenvalue weighted by molar-refractivity contribution is -0.154. The number of aliphatic hydroxyl groups excluding tert-OH is 1. The van der Waals surface area contributed by atoms with Gasteiger partial charge in [0.2, 0.25) is 11.8 Å². The minimum absolute atomic E-state index is 0.0648. The molecule has 3 fully saturated rings. The summed E-state index contributed by atoms with van der Waals surface area (Å²) in [6.07, 6.45) is 4.54. The van der Waals surface area contributed by atoms with Gasteiger partial charge in [0.05, 0.1) is 29.2 Å². The Morgan fingerprint density at radius 2 is 1.97 bits per heavy atom. The molecule has 34 heavy (non-hydrogen) atoms. The Morgan fingerprint density at radius 1 is 1.29 bits per heavy atom. The molecule has 2 bridgehead atoms. The Hall–Kier alpha value is -1.80. The predicted molar refractivity (Wildman–Crippen MR) is 134 cm³/mol. The van der Waals surface area contributed by atoms with Gasteiger partial charge in [0, 0.05) is 17.8 Å². The highest BCUT2D eigenvalue weighted by Crippen LogP contribution is 2.69. The second-order valence-corrected chi connectivity index (χ2v) is 12.1. The van der Waals surface area contributed by atoms with E-state index in [9.17, 15) is 19.5 Å². The van der Waals surface area contributed by atoms with E-state index in [4.69, 9.17) is 4.74 Å². The molecule has 3 aliphatic heterocycles. The summed E-state index contributed by atoms with van der Waals surface area (Å²) in [6.45, 7) is 17.7. The number of carbonyl (C=O) groups is 3. The number of ether oxygens (including phenoxy) is 1. The molecule has 190 valence electrons. The van der Waals surface area contributed by atoms with Gasteiger partial charge in [-0.2, -0.15) is 0 Å². The van der Waals surface area contributed by atoms with E-state index in [0.29, 0.717) is 13.0 Å². The van der Waals surface area contributed by atoms with Crippen molar-refractivity contribution < 1.29 is 24.2 Å². The normalized spacial score (nSPS) is 32.8. The maximum Gasteiger partial charge on any atom is 0.311 e. The van der Waals surface area contributed by atoms with Crippen molar-refractivity contribution >= 4 is 29.5 Å². The monoisotopic (exact) mass is 492 g/mol. The summed E-state index contributed by atoms with van der Waals surface area (Å²) in [5, 5.41) is 10.3. The van der Waals surface area contributed by atoms with Crippen LogP contribution in [0.3, 0.4) is 0 Å². The van der Waals surface area contributed by atoms with Gasteiger partial charge in [-0.05, 0) is 38.5 Å². The molecule has 1 N–H and O–H groups in total. The van der Waals surface area contributed by atoms with Gasteiger partial charge in [0.15, 0.2) is 0 Å². The number of likely N-dealkylation sites (tertiary alicyclic amines) is 1. The molecule has 7 nitrogen and oxygen atoms in total. The first-order valence-corrected chi connectivity index (χ1v) is 13.2. The Balaban J connectivity index is 2.14. The Kier molecular flexibility index (Phi) is 8.23. The van der Waals surface area contributed by atoms with E-state index < -0.39 is 34.6 Å². The lowest BCUT2D eigenvalue weighted by Gasteiger charge is -2.43. The molecule has 3 unspecified atom stereocenters. The molecule has 1 spiro atoms. The van der Waals surface area contributed by atoms with Crippen molar-refractivity contribution in [1.82, 2.24) is 9.80 Å². The molecule has 0 saturated carbocycles. The number of fused-ring (bicyclic) bond motifs is 1. The third-order valence-corrected chi connectivity index (χ3v) is 9.69. The Bertz CT molecular complexity index is 830. The molecular formula is C26H40N2O5S. The first-order valence-electron chi connectivity index (χ1n) is 12.4. The molecule has 3 rings (SSSR count). The fourth-order valence-electron chi connectivity index (χ4n) is 6.31. The fourth-order valence-corrected chi connectivity index (χ4v) is 8.70. The highest BCUT2D eigenvalue weighted by molar-refractivity contribution is 8.02. The number of carbonyl (C=O) groups excluding carboxylic acids is 3. The maximum absolute atomic E-state index is 14.2. The molecule has 7 atom stereocenters. The molecular weight excluding hydrogens is 452 g/mol. The average molecular weight is 493 g/mol. The smallest absolute Gasteiger partial charge is 0.311 e. The van der Waals surface area contributed by atoms with Gasteiger partial charge in [-0.3, -0.25) is 14.4 Å². The van der Waals surface area contributed by atoms with Crippen LogP contribution in [-0.4, -0.2) is 80.6 Å². The van der Waals surface area contributed by atoms with Crippen molar-refractivity contribution in [1.29, 1.82) is 0 Å². The zero-order chi connectivity index (χ0) is 25.4. The predicted octanol–water partition coefficient (Wildman–Crippen LogP) is 2.88. The standard InChI is InChI=1S/C26H40N2O5S/c1-8-10-27(16(5)6)24(31)22-26-17(7)13-19(34-26)20(25(32)33-11-9-2)21(26)23(30)28(22)18(14-29)12-15(3)4/h8-9,15-22,29H,1-2,10-14H2,3-7H3/t17?,18-,19-,20+,21+,22?,26?/m1/s1. The van der Waals surface area contributed by atoms with Crippen molar-refractivity contribution in [3.63, 3.8) is 0 Å². The van der Waals surface area contributed by atoms with E-state index in [1.54, 1.807) is 27.6 Å². The number of rotatable bonds is 11. The van der Waals surface area contributed by atoms with Crippen LogP contribution in [0.2, 0.25) is 0 Å². The third-order valence-electron chi connectivity index (χ3n) is 7.61. The molecule has 0 aromatic rings. The van der Waals surface area contributed by atoms with Crippen LogP contribution in [0, 0.1) is 23.7 Å². The summed E-state index contributed by atoms with van der Waals surface area (Å²) >= 11 is 1.62. The molecule has 0 aromatic heterocycles. The van der Waals surface area contributed by atoms with E-state index in [-0.39, 0.29) is 48.2 Å². The first-order chi connectivity index (χ1) is 16.1. The van der Waals surface area contributed by atoms with Gasteiger partial charge in [0.1, 0.15) is 12.6 Å². The molecule has 3 aliphatic rings. The molecule has 2 amide bonds. The lowest BCUT2D eigenvalue weighted by Crippen LogP contribution is -2.60. The van der Waals surface area contributed by atoms with Crippen LogP contribution in [0.25, 0.3) is 0 Å². The minimum atomic E-state index is -0.745. The topological polar surface area (TPSA) is 87.1 Å². The van der Waals surface area contributed by atoms with Crippen LogP contribution < -0.4 is 0 Å². The van der Waals surface area contributed by atoms with Crippen LogP contribution >= 0.6 is 11.8 Å². The number of hydrogen-bond acceptors (Lipinski definition) is 6. The average Bonchev–Trinajstić information content (AvgIpc) is 3.37. The van der Waals surface area contributed by atoms with Crippen LogP contribution in [0.1, 0.15) is 47.5 Å². The number of amides is 2. The summed E-state index contributed by atoms with van der Waals surface area (Å²) in [5.74, 6) is -1.68. The van der Waals surface area contributed by atoms with E-state index in [2.05, 4.69) is 20.1 Å². The summed E-state index contributed by atoms with van der Waals surface area (Å²) in [7, 11) is 0. The summed E-state index contributed by atoms with van der Waals surface area (Å²) in [4.78, 5) is 44.9. The van der Waals surface area contributed by atoms with Gasteiger partial charge in [-0.25, -0.2) is 0 Å². The summed E-state index contributed by atoms with van der Waals surface area (Å²) < 4.78 is 4.70. The summed E-state index contributed by atoms with van der Waals surface area (Å²) in [5.41, 5.74) is 0. The van der Waals surface area contributed by atoms with Gasteiger partial charge in [-0.1, -0.05) is 39.5 Å². The Labute approximate surface area is 208 Å². The third kappa shape index (κ3) is 4.21. The second-order valence-electron chi connectivity index (χ2n) is 10.6. The molecule has 0 aliphatic carbocycles. The van der Waals surface area contributed by atoms with E-state index >= 15 is 0 Å². The van der Waals surface area contributed by atoms with Gasteiger partial charge < -0.3 is 19.6 Å². The van der Waals surface area contributed by atoms with Crippen molar-refractivity contribution in [3.05, 3.63) is 25.3 Å². The van der Waals surface area contributed by atoms with Gasteiger partial charge in [-0.15, -0.1) is 18.3 Å². The molecule has 3 saturated heterocycles. The lowest BCUT2D eigenvalue weighted by atomic mass is 9.66. The van der Waals surface area contributed by atoms with Crippen LogP contribution in [-0.2, 0) is 19.1 Å². The molecule has 3 heterocycles. The number of nitrogens with zero attached hydrogens (tertiary/aromatic N) is 2. The highest BCUT2D eigenvalue weighted by Gasteiger charge is 2.77. The SMILES string of the molecule is C=CCOC(=O)[C@@H]1[C@H]2C(=O)N([C@@H](CO)CC(C)C)C(C(=O)N(CC=C)C(C)C)C23S[C@@H]1CC3C. The second kappa shape index (κ2) is 10.4. The van der Waals surface area contributed by atoms with Gasteiger partial charge >= 0.3 is 5.97 Å². The van der Waals surface area contributed by atoms with E-state index in [1.807, 2.05) is 27.7 Å². The molecule has 0 radical (unpaired) electrons. The first kappa shape index (κ1) is 26.8. The quantitative estimate of drug-likeness (QED) is 0.353. The zero-order valence-electron chi connectivity index (χ0n) is 21.1. The minimum Gasteiger partial charge on any atom is -0.461 e. The highest BCUT2D eigenvalue weighted by atomic mass is 32.2. The number of esters is 1. The number of aliphatic hydroxyl groups is 1. The van der Waals surface area contributed by atoms with Crippen molar-refractivity contribution in [3.8, 4) is 0 Å². The Morgan fingerprint density at radius 3 is 2.50 bits per heavy atom.